The molecule has 1 aromatic carbocycles. The third kappa shape index (κ3) is 1.76. The van der Waals surface area contributed by atoms with E-state index in [1.807, 2.05) is 0 Å². The predicted molar refractivity (Wildman–Crippen MR) is 51.7 cm³/mol. The quantitative estimate of drug-likeness (QED) is 0.733. The lowest BCUT2D eigenvalue weighted by molar-refractivity contribution is -0.115. The molecule has 0 radical (unpaired) electrons. The van der Waals surface area contributed by atoms with E-state index in [9.17, 15) is 4.79 Å². The summed E-state index contributed by atoms with van der Waals surface area (Å²) in [5.41, 5.74) is 0.816. The van der Waals surface area contributed by atoms with Crippen LogP contribution in [0.1, 0.15) is 12.0 Å². The van der Waals surface area contributed by atoms with Crippen LogP contribution in [-0.4, -0.2) is 17.5 Å². The molecule has 72 valence electrons. The van der Waals surface area contributed by atoms with Crippen LogP contribution in [0.3, 0.4) is 0 Å². The highest BCUT2D eigenvalue weighted by atomic mass is 16.5. The first-order chi connectivity index (χ1) is 6.75. The number of phenolic OH excluding ortho intramolecular Hbond substituents is 1. The Morgan fingerprint density at radius 1 is 1.21 bits per heavy atom. The van der Waals surface area contributed by atoms with Crippen molar-refractivity contribution in [2.75, 3.05) is 6.61 Å². The van der Waals surface area contributed by atoms with Gasteiger partial charge in [0.05, 0.1) is 6.61 Å². The first-order valence-corrected chi connectivity index (χ1v) is 4.42. The van der Waals surface area contributed by atoms with Crippen molar-refractivity contribution >= 4 is 11.5 Å². The van der Waals surface area contributed by atoms with E-state index in [-0.39, 0.29) is 11.5 Å². The van der Waals surface area contributed by atoms with E-state index < -0.39 is 0 Å². The molecule has 1 N–H and O–H groups in total. The number of allylic oxidation sites excluding steroid dienone is 1. The third-order valence-corrected chi connectivity index (χ3v) is 2.05. The van der Waals surface area contributed by atoms with Crippen molar-refractivity contribution in [1.29, 1.82) is 0 Å². The molecule has 14 heavy (non-hydrogen) atoms. The van der Waals surface area contributed by atoms with Gasteiger partial charge in [-0.25, -0.2) is 0 Å². The maximum absolute atomic E-state index is 11.1. The second-order valence-corrected chi connectivity index (χ2v) is 3.12. The number of hydrogen-bond acceptors (Lipinski definition) is 3. The van der Waals surface area contributed by atoms with Crippen LogP contribution in [-0.2, 0) is 9.53 Å². The highest BCUT2D eigenvalue weighted by Crippen LogP contribution is 2.21. The van der Waals surface area contributed by atoms with Crippen molar-refractivity contribution in [3.63, 3.8) is 0 Å². The number of rotatable bonds is 1. The summed E-state index contributed by atoms with van der Waals surface area (Å²) in [6.07, 6.45) is 1.94. The van der Waals surface area contributed by atoms with E-state index >= 15 is 0 Å². The average Bonchev–Trinajstić information content (AvgIpc) is 2.19. The molecule has 0 unspecified atom stereocenters. The van der Waals surface area contributed by atoms with Gasteiger partial charge in [0.1, 0.15) is 11.5 Å². The van der Waals surface area contributed by atoms with Crippen molar-refractivity contribution in [1.82, 2.24) is 0 Å². The van der Waals surface area contributed by atoms with Gasteiger partial charge in [0.2, 0.25) is 0 Å². The second-order valence-electron chi connectivity index (χ2n) is 3.12. The van der Waals surface area contributed by atoms with Crippen molar-refractivity contribution in [3.05, 3.63) is 35.9 Å². The highest BCUT2D eigenvalue weighted by Gasteiger charge is 2.12. The molecule has 1 aliphatic heterocycles. The fourth-order valence-corrected chi connectivity index (χ4v) is 1.31. The van der Waals surface area contributed by atoms with Crippen molar-refractivity contribution in [2.24, 2.45) is 0 Å². The third-order valence-electron chi connectivity index (χ3n) is 2.05. The molecule has 0 saturated heterocycles. The number of ketones is 1. The SMILES string of the molecule is O=C1C=C(c2ccc(O)cc2)OCC1. The Morgan fingerprint density at radius 3 is 2.57 bits per heavy atom. The maximum Gasteiger partial charge on any atom is 0.162 e. The van der Waals surface area contributed by atoms with Gasteiger partial charge < -0.3 is 9.84 Å². The van der Waals surface area contributed by atoms with Crippen molar-refractivity contribution in [2.45, 2.75) is 6.42 Å². The molecule has 1 aliphatic rings. The number of phenols is 1. The van der Waals surface area contributed by atoms with E-state index in [4.69, 9.17) is 9.84 Å². The maximum atomic E-state index is 11.1. The minimum atomic E-state index is 0.0827. The summed E-state index contributed by atoms with van der Waals surface area (Å²) in [6, 6.07) is 6.58. The van der Waals surface area contributed by atoms with E-state index in [0.29, 0.717) is 18.8 Å². The van der Waals surface area contributed by atoms with Gasteiger partial charge in [-0.3, -0.25) is 4.79 Å². The van der Waals surface area contributed by atoms with Gasteiger partial charge in [-0.1, -0.05) is 0 Å². The van der Waals surface area contributed by atoms with Crippen LogP contribution in [0, 0.1) is 0 Å². The standard InChI is InChI=1S/C11H10O3/c12-9-3-1-8(2-4-9)11-7-10(13)5-6-14-11/h1-4,7,12H,5-6H2. The molecule has 3 nitrogen and oxygen atoms in total. The molecule has 0 spiro atoms. The average molecular weight is 190 g/mol. The number of hydrogen-bond donors (Lipinski definition) is 1. The molecular weight excluding hydrogens is 180 g/mol. The Morgan fingerprint density at radius 2 is 1.93 bits per heavy atom. The Labute approximate surface area is 81.6 Å². The first kappa shape index (κ1) is 8.81. The monoisotopic (exact) mass is 190 g/mol. The molecule has 0 aliphatic carbocycles. The number of ether oxygens (including phenoxy) is 1. The largest absolute Gasteiger partial charge is 0.508 e. The smallest absolute Gasteiger partial charge is 0.162 e. The fraction of sp³-hybridized carbons (Fsp3) is 0.182. The van der Waals surface area contributed by atoms with Crippen LogP contribution in [0.5, 0.6) is 5.75 Å². The first-order valence-electron chi connectivity index (χ1n) is 4.42. The lowest BCUT2D eigenvalue weighted by atomic mass is 10.1. The Hall–Kier alpha value is -1.77. The predicted octanol–water partition coefficient (Wildman–Crippen LogP) is 1.72. The van der Waals surface area contributed by atoms with Crippen molar-refractivity contribution < 1.29 is 14.6 Å². The molecule has 0 aromatic heterocycles. The number of carbonyl (C=O) groups is 1. The molecule has 0 saturated carbocycles. The zero-order chi connectivity index (χ0) is 9.97. The van der Waals surface area contributed by atoms with E-state index in [0.717, 1.165) is 5.56 Å². The van der Waals surface area contributed by atoms with Crippen LogP contribution in [0.2, 0.25) is 0 Å². The summed E-state index contributed by atoms with van der Waals surface area (Å²) in [7, 11) is 0. The fourth-order valence-electron chi connectivity index (χ4n) is 1.31. The molecular formula is C11H10O3. The molecule has 1 aromatic rings. The molecule has 0 amide bonds. The minimum Gasteiger partial charge on any atom is -0.508 e. The number of aromatic hydroxyl groups is 1. The minimum absolute atomic E-state index is 0.0827. The summed E-state index contributed by atoms with van der Waals surface area (Å²) < 4.78 is 5.33. The molecule has 0 bridgehead atoms. The summed E-state index contributed by atoms with van der Waals surface area (Å²) in [4.78, 5) is 11.1. The molecule has 0 atom stereocenters. The normalized spacial score (nSPS) is 16.0. The van der Waals surface area contributed by atoms with Gasteiger partial charge in [-0.2, -0.15) is 0 Å². The lowest BCUT2D eigenvalue weighted by Crippen LogP contribution is -2.08. The zero-order valence-corrected chi connectivity index (χ0v) is 7.56. The number of benzene rings is 1. The summed E-state index contributed by atoms with van der Waals surface area (Å²) in [5, 5.41) is 9.08. The lowest BCUT2D eigenvalue weighted by Gasteiger charge is -2.14. The Bertz CT molecular complexity index is 376. The van der Waals surface area contributed by atoms with Gasteiger partial charge in [0.25, 0.3) is 0 Å². The van der Waals surface area contributed by atoms with Gasteiger partial charge in [-0.15, -0.1) is 0 Å². The van der Waals surface area contributed by atoms with Gasteiger partial charge in [-0.05, 0) is 24.3 Å². The number of carbonyl (C=O) groups excluding carboxylic acids is 1. The second kappa shape index (κ2) is 3.54. The van der Waals surface area contributed by atoms with E-state index in [1.54, 1.807) is 24.3 Å². The molecule has 1 heterocycles. The zero-order valence-electron chi connectivity index (χ0n) is 7.56. The van der Waals surface area contributed by atoms with Crippen LogP contribution >= 0.6 is 0 Å². The van der Waals surface area contributed by atoms with Crippen LogP contribution in [0.4, 0.5) is 0 Å². The highest BCUT2D eigenvalue weighted by molar-refractivity contribution is 5.96. The van der Waals surface area contributed by atoms with Gasteiger partial charge in [0, 0.05) is 18.1 Å². The molecule has 2 rings (SSSR count). The van der Waals surface area contributed by atoms with Crippen LogP contribution < -0.4 is 0 Å². The van der Waals surface area contributed by atoms with Crippen molar-refractivity contribution in [3.8, 4) is 5.75 Å². The topological polar surface area (TPSA) is 46.5 Å². The summed E-state index contributed by atoms with van der Waals surface area (Å²) in [5.74, 6) is 0.872. The van der Waals surface area contributed by atoms with E-state index in [1.165, 1.54) is 6.08 Å². The van der Waals surface area contributed by atoms with E-state index in [2.05, 4.69) is 0 Å². The molecule has 0 fully saturated rings. The van der Waals surface area contributed by atoms with Crippen LogP contribution in [0.15, 0.2) is 30.3 Å². The van der Waals surface area contributed by atoms with Gasteiger partial charge >= 0.3 is 0 Å². The molecule has 3 heteroatoms. The summed E-state index contributed by atoms with van der Waals surface area (Å²) >= 11 is 0. The van der Waals surface area contributed by atoms with Gasteiger partial charge in [0.15, 0.2) is 5.78 Å². The Kier molecular flexibility index (Phi) is 2.23. The Balaban J connectivity index is 2.30. The van der Waals surface area contributed by atoms with Crippen LogP contribution in [0.25, 0.3) is 5.76 Å². The summed E-state index contributed by atoms with van der Waals surface area (Å²) in [6.45, 7) is 0.436.